The minimum Gasteiger partial charge on any atom is -0.386 e. The van der Waals surface area contributed by atoms with Gasteiger partial charge in [0.05, 0.1) is 5.69 Å². The lowest BCUT2D eigenvalue weighted by Gasteiger charge is -2.13. The first-order chi connectivity index (χ1) is 6.38. The third-order valence-corrected chi connectivity index (χ3v) is 2.13. The van der Waals surface area contributed by atoms with Crippen LogP contribution in [0, 0.1) is 5.92 Å². The highest BCUT2D eigenvalue weighted by molar-refractivity contribution is 5.22. The van der Waals surface area contributed by atoms with Crippen LogP contribution >= 0.6 is 0 Å². The molecule has 1 unspecified atom stereocenters. The van der Waals surface area contributed by atoms with E-state index in [0.29, 0.717) is 0 Å². The SMILES string of the molecule is OC(c1ccccn1)C1C=CC=C1. The third kappa shape index (κ3) is 1.68. The summed E-state index contributed by atoms with van der Waals surface area (Å²) in [6, 6.07) is 5.56. The molecular weight excluding hydrogens is 162 g/mol. The van der Waals surface area contributed by atoms with Gasteiger partial charge >= 0.3 is 0 Å². The molecule has 0 radical (unpaired) electrons. The largest absolute Gasteiger partial charge is 0.386 e. The van der Waals surface area contributed by atoms with Gasteiger partial charge in [-0.15, -0.1) is 0 Å². The summed E-state index contributed by atoms with van der Waals surface area (Å²) in [7, 11) is 0. The summed E-state index contributed by atoms with van der Waals surface area (Å²) in [5.74, 6) is 0.0786. The van der Waals surface area contributed by atoms with Gasteiger partial charge in [-0.3, -0.25) is 4.98 Å². The zero-order chi connectivity index (χ0) is 9.10. The normalized spacial score (nSPS) is 17.9. The van der Waals surface area contributed by atoms with Gasteiger partial charge in [0.1, 0.15) is 6.10 Å². The monoisotopic (exact) mass is 173 g/mol. The Morgan fingerprint density at radius 2 is 2.00 bits per heavy atom. The van der Waals surface area contributed by atoms with E-state index in [0.717, 1.165) is 5.69 Å². The molecule has 1 aromatic heterocycles. The van der Waals surface area contributed by atoms with Gasteiger partial charge in [-0.2, -0.15) is 0 Å². The second kappa shape index (κ2) is 3.54. The first kappa shape index (κ1) is 8.20. The minimum absolute atomic E-state index is 0.0786. The molecule has 2 nitrogen and oxygen atoms in total. The van der Waals surface area contributed by atoms with Crippen LogP contribution in [-0.4, -0.2) is 10.1 Å². The Morgan fingerprint density at radius 3 is 2.62 bits per heavy atom. The van der Waals surface area contributed by atoms with Gasteiger partial charge in [-0.05, 0) is 12.1 Å². The number of pyridine rings is 1. The lowest BCUT2D eigenvalue weighted by Crippen LogP contribution is -2.08. The maximum absolute atomic E-state index is 9.86. The van der Waals surface area contributed by atoms with Gasteiger partial charge in [-0.25, -0.2) is 0 Å². The van der Waals surface area contributed by atoms with Crippen molar-refractivity contribution < 1.29 is 5.11 Å². The molecule has 0 bridgehead atoms. The predicted molar refractivity (Wildman–Crippen MR) is 51.0 cm³/mol. The van der Waals surface area contributed by atoms with Crippen LogP contribution in [0.2, 0.25) is 0 Å². The van der Waals surface area contributed by atoms with Crippen LogP contribution in [0.1, 0.15) is 11.8 Å². The fraction of sp³-hybridized carbons (Fsp3) is 0.182. The van der Waals surface area contributed by atoms with Crippen LogP contribution in [0.15, 0.2) is 48.7 Å². The number of aliphatic hydroxyl groups is 1. The first-order valence-corrected chi connectivity index (χ1v) is 4.32. The van der Waals surface area contributed by atoms with Crippen molar-refractivity contribution >= 4 is 0 Å². The molecular formula is C11H11NO. The summed E-state index contributed by atoms with van der Waals surface area (Å²) in [6.07, 6.45) is 9.00. The summed E-state index contributed by atoms with van der Waals surface area (Å²) in [6.45, 7) is 0. The third-order valence-electron chi connectivity index (χ3n) is 2.13. The van der Waals surface area contributed by atoms with Crippen molar-refractivity contribution in [3.63, 3.8) is 0 Å². The Hall–Kier alpha value is -1.41. The predicted octanol–water partition coefficient (Wildman–Crippen LogP) is 1.86. The Labute approximate surface area is 77.2 Å². The van der Waals surface area contributed by atoms with Crippen LogP contribution < -0.4 is 0 Å². The van der Waals surface area contributed by atoms with Crippen molar-refractivity contribution in [2.75, 3.05) is 0 Å². The summed E-state index contributed by atoms with van der Waals surface area (Å²) in [5, 5.41) is 9.86. The maximum Gasteiger partial charge on any atom is 0.106 e. The first-order valence-electron chi connectivity index (χ1n) is 4.32. The van der Waals surface area contributed by atoms with Crippen LogP contribution in [0.3, 0.4) is 0 Å². The van der Waals surface area contributed by atoms with E-state index in [2.05, 4.69) is 4.98 Å². The number of nitrogens with zero attached hydrogens (tertiary/aromatic N) is 1. The van der Waals surface area contributed by atoms with Crippen molar-refractivity contribution in [2.24, 2.45) is 5.92 Å². The molecule has 1 aromatic rings. The topological polar surface area (TPSA) is 33.1 Å². The zero-order valence-electron chi connectivity index (χ0n) is 7.17. The molecule has 0 aromatic carbocycles. The molecule has 2 heteroatoms. The molecule has 0 fully saturated rings. The Kier molecular flexibility index (Phi) is 2.23. The fourth-order valence-electron chi connectivity index (χ4n) is 1.41. The van der Waals surface area contributed by atoms with E-state index >= 15 is 0 Å². The van der Waals surface area contributed by atoms with Crippen LogP contribution in [0.4, 0.5) is 0 Å². The van der Waals surface area contributed by atoms with Crippen molar-refractivity contribution in [3.8, 4) is 0 Å². The van der Waals surface area contributed by atoms with E-state index in [-0.39, 0.29) is 5.92 Å². The minimum atomic E-state index is -0.517. The molecule has 2 rings (SSSR count). The van der Waals surface area contributed by atoms with Gasteiger partial charge in [0.15, 0.2) is 0 Å². The molecule has 13 heavy (non-hydrogen) atoms. The number of hydrogen-bond donors (Lipinski definition) is 1. The van der Waals surface area contributed by atoms with Crippen molar-refractivity contribution in [1.29, 1.82) is 0 Å². The Balaban J connectivity index is 2.18. The standard InChI is InChI=1S/C11H11NO/c13-11(9-5-1-2-6-9)10-7-3-4-8-12-10/h1-9,11,13H. The van der Waals surface area contributed by atoms with E-state index in [9.17, 15) is 5.11 Å². The molecule has 0 amide bonds. The number of hydrogen-bond acceptors (Lipinski definition) is 2. The lowest BCUT2D eigenvalue weighted by molar-refractivity contribution is 0.147. The van der Waals surface area contributed by atoms with Crippen LogP contribution in [0.5, 0.6) is 0 Å². The number of rotatable bonds is 2. The molecule has 1 atom stereocenters. The summed E-state index contributed by atoms with van der Waals surface area (Å²) >= 11 is 0. The second-order valence-electron chi connectivity index (χ2n) is 3.05. The highest BCUT2D eigenvalue weighted by Crippen LogP contribution is 2.24. The van der Waals surface area contributed by atoms with E-state index in [1.165, 1.54) is 0 Å². The van der Waals surface area contributed by atoms with E-state index in [1.807, 2.05) is 42.5 Å². The smallest absolute Gasteiger partial charge is 0.106 e. The number of aromatic nitrogens is 1. The lowest BCUT2D eigenvalue weighted by atomic mass is 10.0. The summed E-state index contributed by atoms with van der Waals surface area (Å²) < 4.78 is 0. The number of allylic oxidation sites excluding steroid dienone is 2. The van der Waals surface area contributed by atoms with Crippen molar-refractivity contribution in [3.05, 3.63) is 54.4 Å². The molecule has 0 aliphatic heterocycles. The Bertz CT molecular complexity index is 317. The Morgan fingerprint density at radius 1 is 1.23 bits per heavy atom. The zero-order valence-corrected chi connectivity index (χ0v) is 7.17. The highest BCUT2D eigenvalue weighted by Gasteiger charge is 2.17. The van der Waals surface area contributed by atoms with Gasteiger partial charge in [0.25, 0.3) is 0 Å². The van der Waals surface area contributed by atoms with Gasteiger partial charge in [0, 0.05) is 12.1 Å². The molecule has 1 aliphatic carbocycles. The maximum atomic E-state index is 9.86. The van der Waals surface area contributed by atoms with E-state index < -0.39 is 6.10 Å². The van der Waals surface area contributed by atoms with Gasteiger partial charge in [0.2, 0.25) is 0 Å². The quantitative estimate of drug-likeness (QED) is 0.740. The van der Waals surface area contributed by atoms with E-state index in [1.54, 1.807) is 6.20 Å². The molecule has 1 heterocycles. The average molecular weight is 173 g/mol. The second-order valence-corrected chi connectivity index (χ2v) is 3.05. The fourth-order valence-corrected chi connectivity index (χ4v) is 1.41. The molecule has 1 N–H and O–H groups in total. The van der Waals surface area contributed by atoms with Crippen LogP contribution in [0.25, 0.3) is 0 Å². The number of aliphatic hydroxyl groups excluding tert-OH is 1. The molecule has 0 spiro atoms. The molecule has 0 saturated heterocycles. The molecule has 66 valence electrons. The summed E-state index contributed by atoms with van der Waals surface area (Å²) in [4.78, 5) is 4.11. The van der Waals surface area contributed by atoms with Crippen molar-refractivity contribution in [1.82, 2.24) is 4.98 Å². The molecule has 0 saturated carbocycles. The summed E-state index contributed by atoms with van der Waals surface area (Å²) in [5.41, 5.74) is 0.726. The average Bonchev–Trinajstić information content (AvgIpc) is 2.71. The highest BCUT2D eigenvalue weighted by atomic mass is 16.3. The van der Waals surface area contributed by atoms with Crippen LogP contribution in [-0.2, 0) is 0 Å². The van der Waals surface area contributed by atoms with Gasteiger partial charge < -0.3 is 5.11 Å². The van der Waals surface area contributed by atoms with Gasteiger partial charge in [-0.1, -0.05) is 30.4 Å². The molecule has 1 aliphatic rings. The van der Waals surface area contributed by atoms with E-state index in [4.69, 9.17) is 0 Å². The van der Waals surface area contributed by atoms with Crippen molar-refractivity contribution in [2.45, 2.75) is 6.10 Å².